The number of carbonyl (C=O) groups is 3. The molecular weight excluding hydrogens is 519 g/mol. The van der Waals surface area contributed by atoms with Crippen molar-refractivity contribution >= 4 is 23.7 Å². The zero-order valence-electron chi connectivity index (χ0n) is 21.5. The lowest BCUT2D eigenvalue weighted by molar-refractivity contribution is -0.143. The Morgan fingerprint density at radius 1 is 1.05 bits per heavy atom. The maximum atomic E-state index is 13.5. The van der Waals surface area contributed by atoms with Crippen LogP contribution in [0.15, 0.2) is 28.7 Å². The summed E-state index contributed by atoms with van der Waals surface area (Å²) in [6.07, 6.45) is 0.451. The predicted molar refractivity (Wildman–Crippen MR) is 134 cm³/mol. The van der Waals surface area contributed by atoms with Crippen LogP contribution >= 0.6 is 0 Å². The molecule has 0 atom stereocenters. The number of ether oxygens (including phenoxy) is 1. The Labute approximate surface area is 223 Å². The van der Waals surface area contributed by atoms with Gasteiger partial charge in [-0.3, -0.25) is 14.4 Å². The minimum atomic E-state index is -4.84. The average molecular weight is 552 g/mol. The smallest absolute Gasteiger partial charge is 0.437 e. The molecule has 1 aliphatic heterocycles. The zero-order chi connectivity index (χ0) is 28.0. The number of carboxylic acids is 1. The number of nitrogens with zero attached hydrogens (tertiary/aromatic N) is 2. The summed E-state index contributed by atoms with van der Waals surface area (Å²) >= 11 is 0. The van der Waals surface area contributed by atoms with Crippen LogP contribution in [0.3, 0.4) is 0 Å². The quantitative estimate of drug-likeness (QED) is 0.309. The first-order valence-corrected chi connectivity index (χ1v) is 13.3. The number of Topliss-reactive ketones (excluding diaryl/α,β-unsaturated/α-hetero) is 1. The van der Waals surface area contributed by atoms with Crippen molar-refractivity contribution < 1.29 is 41.8 Å². The fraction of sp³-hybridized carbons (Fsp3) is 0.556. The third-order valence-electron chi connectivity index (χ3n) is 7.09. The Morgan fingerprint density at radius 2 is 1.72 bits per heavy atom. The molecule has 1 aromatic heterocycles. The van der Waals surface area contributed by atoms with E-state index in [0.717, 1.165) is 19.3 Å². The van der Waals surface area contributed by atoms with Crippen molar-refractivity contribution in [2.45, 2.75) is 70.1 Å². The second-order valence-electron chi connectivity index (χ2n) is 9.96. The van der Waals surface area contributed by atoms with Crippen LogP contribution in [-0.4, -0.2) is 53.5 Å². The summed E-state index contributed by atoms with van der Waals surface area (Å²) in [7, 11) is 0. The van der Waals surface area contributed by atoms with Crippen molar-refractivity contribution in [1.29, 1.82) is 0 Å². The lowest BCUT2D eigenvalue weighted by Gasteiger charge is -2.26. The van der Waals surface area contributed by atoms with E-state index in [2.05, 4.69) is 10.3 Å². The van der Waals surface area contributed by atoms with E-state index >= 15 is 0 Å². The average Bonchev–Trinajstić information content (AvgIpc) is 3.39. The maximum Gasteiger partial charge on any atom is 0.437 e. The number of ketones is 1. The molecule has 0 bridgehead atoms. The lowest BCUT2D eigenvalue weighted by atomic mass is 9.87. The lowest BCUT2D eigenvalue weighted by Crippen LogP contribution is -2.29. The number of rotatable bonds is 10. The van der Waals surface area contributed by atoms with Gasteiger partial charge >= 0.3 is 12.1 Å². The van der Waals surface area contributed by atoms with Crippen LogP contribution in [0.1, 0.15) is 84.4 Å². The molecule has 9 nitrogen and oxygen atoms in total. The molecule has 1 amide bonds. The first-order chi connectivity index (χ1) is 18.6. The van der Waals surface area contributed by atoms with E-state index in [1.165, 1.54) is 0 Å². The number of nitrogens with one attached hydrogen (secondary N) is 1. The number of oxazole rings is 1. The van der Waals surface area contributed by atoms with Gasteiger partial charge in [0.15, 0.2) is 11.5 Å². The van der Waals surface area contributed by atoms with Crippen LogP contribution in [0, 0.1) is 5.92 Å². The number of halogens is 3. The molecule has 12 heteroatoms. The van der Waals surface area contributed by atoms with Gasteiger partial charge in [-0.15, -0.1) is 0 Å². The number of hydrogen-bond acceptors (Lipinski definition) is 7. The normalized spacial score (nSPS) is 19.9. The third-order valence-corrected chi connectivity index (χ3v) is 7.09. The molecule has 4 rings (SSSR count). The number of aliphatic carboxylic acids is 1. The Hall–Kier alpha value is -3.57. The summed E-state index contributed by atoms with van der Waals surface area (Å²) in [6, 6.07) is 6.42. The summed E-state index contributed by atoms with van der Waals surface area (Å²) < 4.78 is 51.6. The van der Waals surface area contributed by atoms with Gasteiger partial charge in [-0.1, -0.05) is 0 Å². The van der Waals surface area contributed by atoms with Crippen molar-refractivity contribution in [1.82, 2.24) is 10.3 Å². The number of anilines is 1. The number of benzene rings is 1. The highest BCUT2D eigenvalue weighted by molar-refractivity contribution is 5.96. The number of hydrogen-bond donors (Lipinski definition) is 2. The Balaban J connectivity index is 1.24. The molecular formula is C27H32F3N3O6. The van der Waals surface area contributed by atoms with E-state index < -0.39 is 29.5 Å². The molecule has 2 aromatic rings. The number of alkyl halides is 3. The Morgan fingerprint density at radius 3 is 2.33 bits per heavy atom. The molecule has 1 saturated carbocycles. The molecule has 2 heterocycles. The van der Waals surface area contributed by atoms with Gasteiger partial charge in [-0.25, -0.2) is 0 Å². The minimum absolute atomic E-state index is 0.0121. The fourth-order valence-electron chi connectivity index (χ4n) is 4.89. The highest BCUT2D eigenvalue weighted by Crippen LogP contribution is 2.34. The number of piperidine rings is 1. The second-order valence-corrected chi connectivity index (χ2v) is 9.96. The molecule has 0 unspecified atom stereocenters. The molecule has 1 saturated heterocycles. The largest absolute Gasteiger partial charge is 0.490 e. The second kappa shape index (κ2) is 12.5. The van der Waals surface area contributed by atoms with E-state index in [9.17, 15) is 27.6 Å². The van der Waals surface area contributed by atoms with Gasteiger partial charge < -0.3 is 24.5 Å². The molecule has 0 spiro atoms. The van der Waals surface area contributed by atoms with Gasteiger partial charge in [0.1, 0.15) is 5.75 Å². The molecule has 0 radical (unpaired) electrons. The molecule has 2 fully saturated rings. The van der Waals surface area contributed by atoms with Crippen molar-refractivity contribution in [2.24, 2.45) is 5.92 Å². The number of aromatic nitrogens is 1. The summed E-state index contributed by atoms with van der Waals surface area (Å²) in [4.78, 5) is 41.3. The molecule has 212 valence electrons. The Bertz CT molecular complexity index is 1150. The van der Waals surface area contributed by atoms with E-state index in [0.29, 0.717) is 50.1 Å². The number of carbonyl (C=O) groups excluding carboxylic acids is 2. The summed E-state index contributed by atoms with van der Waals surface area (Å²) in [5, 5.41) is 11.5. The standard InChI is InChI=1S/C27H32F3N3O6/c28-27(29,30)23-22(39-26(32-23)33-15-2-1-3-16-33)24(35)31-14-4-5-21(34)17-6-10-19(11-7-17)38-20-12-8-18(9-13-20)25(36)37/h6-7,10-11,18,20H,1-5,8-9,12-16H2,(H,31,35)(H,36,37). The van der Waals surface area contributed by atoms with Crippen molar-refractivity contribution in [3.8, 4) is 5.75 Å². The van der Waals surface area contributed by atoms with E-state index in [4.69, 9.17) is 14.3 Å². The maximum absolute atomic E-state index is 13.5. The van der Waals surface area contributed by atoms with Crippen LogP contribution in [0.25, 0.3) is 0 Å². The van der Waals surface area contributed by atoms with E-state index in [1.54, 1.807) is 29.2 Å². The predicted octanol–water partition coefficient (Wildman–Crippen LogP) is 5.10. The van der Waals surface area contributed by atoms with E-state index in [1.807, 2.05) is 0 Å². The third kappa shape index (κ3) is 7.51. The van der Waals surface area contributed by atoms with Crippen molar-refractivity contribution in [3.05, 3.63) is 41.3 Å². The number of carboxylic acid groups (broad SMARTS) is 1. The van der Waals surface area contributed by atoms with Crippen LogP contribution in [-0.2, 0) is 11.0 Å². The fourth-order valence-corrected chi connectivity index (χ4v) is 4.89. The summed E-state index contributed by atoms with van der Waals surface area (Å²) in [5.74, 6) is -2.59. The monoisotopic (exact) mass is 551 g/mol. The Kier molecular flexibility index (Phi) is 9.13. The number of amides is 1. The molecule has 2 N–H and O–H groups in total. The zero-order valence-corrected chi connectivity index (χ0v) is 21.5. The van der Waals surface area contributed by atoms with Gasteiger partial charge in [-0.05, 0) is 75.6 Å². The topological polar surface area (TPSA) is 122 Å². The van der Waals surface area contributed by atoms with Crippen molar-refractivity contribution in [2.75, 3.05) is 24.5 Å². The van der Waals surface area contributed by atoms with Gasteiger partial charge in [0.2, 0.25) is 5.76 Å². The van der Waals surface area contributed by atoms with Gasteiger partial charge in [0, 0.05) is 31.6 Å². The summed E-state index contributed by atoms with van der Waals surface area (Å²) in [6.45, 7) is 1.02. The van der Waals surface area contributed by atoms with Crippen LogP contribution in [0.5, 0.6) is 5.75 Å². The van der Waals surface area contributed by atoms with Gasteiger partial charge in [0.25, 0.3) is 11.9 Å². The van der Waals surface area contributed by atoms with Gasteiger partial charge in [0.05, 0.1) is 12.0 Å². The van der Waals surface area contributed by atoms with Crippen LogP contribution < -0.4 is 15.0 Å². The molecule has 39 heavy (non-hydrogen) atoms. The first-order valence-electron chi connectivity index (χ1n) is 13.3. The SMILES string of the molecule is O=C(CCCNC(=O)c1oc(N2CCCCC2)nc1C(F)(F)F)c1ccc(OC2CCC(C(=O)O)CC2)cc1. The van der Waals surface area contributed by atoms with Crippen molar-refractivity contribution in [3.63, 3.8) is 0 Å². The van der Waals surface area contributed by atoms with Gasteiger partial charge in [-0.2, -0.15) is 18.2 Å². The molecule has 2 aliphatic rings. The molecule has 1 aliphatic carbocycles. The van der Waals surface area contributed by atoms with E-state index in [-0.39, 0.29) is 43.2 Å². The summed E-state index contributed by atoms with van der Waals surface area (Å²) in [5.41, 5.74) is -0.905. The first kappa shape index (κ1) is 28.4. The highest BCUT2D eigenvalue weighted by Gasteiger charge is 2.42. The van der Waals surface area contributed by atoms with Crippen LogP contribution in [0.4, 0.5) is 19.2 Å². The highest BCUT2D eigenvalue weighted by atomic mass is 19.4. The van der Waals surface area contributed by atoms with Crippen LogP contribution in [0.2, 0.25) is 0 Å². The molecule has 1 aromatic carbocycles. The minimum Gasteiger partial charge on any atom is -0.490 e.